The first-order valence-electron chi connectivity index (χ1n) is 8.57. The molecule has 1 aliphatic heterocycles. The second-order valence-electron chi connectivity index (χ2n) is 6.29. The molecule has 0 aliphatic carbocycles. The summed E-state index contributed by atoms with van der Waals surface area (Å²) in [6.45, 7) is 3.89. The monoisotopic (exact) mass is 377 g/mol. The Balaban J connectivity index is 1.62. The summed E-state index contributed by atoms with van der Waals surface area (Å²) in [6, 6.07) is 5.36. The highest BCUT2D eigenvalue weighted by Gasteiger charge is 2.21. The van der Waals surface area contributed by atoms with E-state index in [4.69, 9.17) is 13.9 Å². The molecule has 140 valence electrons. The molecule has 0 radical (unpaired) electrons. The van der Waals surface area contributed by atoms with Gasteiger partial charge in [-0.05, 0) is 30.9 Å². The minimum Gasteiger partial charge on any atom is -0.497 e. The number of thioether (sulfide) groups is 1. The van der Waals surface area contributed by atoms with Crippen LogP contribution in [0.1, 0.15) is 19.8 Å². The second-order valence-corrected chi connectivity index (χ2v) is 7.22. The summed E-state index contributed by atoms with van der Waals surface area (Å²) in [5.74, 6) is 2.74. The van der Waals surface area contributed by atoms with E-state index in [1.807, 2.05) is 4.90 Å². The van der Waals surface area contributed by atoms with Crippen molar-refractivity contribution in [2.24, 2.45) is 5.92 Å². The zero-order chi connectivity index (χ0) is 18.5. The van der Waals surface area contributed by atoms with Crippen LogP contribution in [0.3, 0.4) is 0 Å². The highest BCUT2D eigenvalue weighted by atomic mass is 32.2. The largest absolute Gasteiger partial charge is 0.497 e. The van der Waals surface area contributed by atoms with Crippen LogP contribution in [0.25, 0.3) is 11.5 Å². The van der Waals surface area contributed by atoms with Gasteiger partial charge in [0.2, 0.25) is 5.91 Å². The lowest BCUT2D eigenvalue weighted by molar-refractivity contribution is -0.129. The molecule has 0 saturated carbocycles. The van der Waals surface area contributed by atoms with Gasteiger partial charge in [0.25, 0.3) is 11.1 Å². The molecule has 2 aromatic rings. The van der Waals surface area contributed by atoms with Gasteiger partial charge >= 0.3 is 0 Å². The highest BCUT2D eigenvalue weighted by molar-refractivity contribution is 7.99. The Hall–Kier alpha value is -2.22. The number of hydrogen-bond donors (Lipinski definition) is 0. The molecule has 8 heteroatoms. The van der Waals surface area contributed by atoms with Gasteiger partial charge < -0.3 is 18.8 Å². The maximum atomic E-state index is 12.3. The van der Waals surface area contributed by atoms with Crippen molar-refractivity contribution in [2.45, 2.75) is 25.0 Å². The predicted molar refractivity (Wildman–Crippen MR) is 98.5 cm³/mol. The molecule has 0 spiro atoms. The number of likely N-dealkylation sites (tertiary alicyclic amines) is 1. The molecule has 3 rings (SSSR count). The highest BCUT2D eigenvalue weighted by Crippen LogP contribution is 2.33. The molecule has 1 aliphatic rings. The van der Waals surface area contributed by atoms with E-state index in [2.05, 4.69) is 17.1 Å². The molecule has 0 N–H and O–H groups in total. The van der Waals surface area contributed by atoms with Crippen molar-refractivity contribution in [1.82, 2.24) is 15.1 Å². The Kier molecular flexibility index (Phi) is 6.03. The molecule has 1 amide bonds. The number of benzene rings is 1. The number of carbonyl (C=O) groups excluding carboxylic acids is 1. The first-order chi connectivity index (χ1) is 12.6. The van der Waals surface area contributed by atoms with Crippen molar-refractivity contribution in [3.8, 4) is 23.0 Å². The van der Waals surface area contributed by atoms with E-state index in [0.717, 1.165) is 25.9 Å². The maximum Gasteiger partial charge on any atom is 0.277 e. The Morgan fingerprint density at radius 2 is 2.04 bits per heavy atom. The molecule has 0 unspecified atom stereocenters. The first kappa shape index (κ1) is 18.6. The van der Waals surface area contributed by atoms with Crippen LogP contribution in [-0.4, -0.2) is 54.1 Å². The number of nitrogens with zero attached hydrogens (tertiary/aromatic N) is 3. The number of carbonyl (C=O) groups is 1. The maximum absolute atomic E-state index is 12.3. The third-order valence-corrected chi connectivity index (χ3v) is 5.30. The zero-order valence-corrected chi connectivity index (χ0v) is 16.0. The van der Waals surface area contributed by atoms with Gasteiger partial charge in [0, 0.05) is 19.2 Å². The number of hydrogen-bond acceptors (Lipinski definition) is 7. The van der Waals surface area contributed by atoms with Crippen molar-refractivity contribution >= 4 is 17.7 Å². The number of rotatable bonds is 6. The van der Waals surface area contributed by atoms with Crippen LogP contribution in [0, 0.1) is 5.92 Å². The lowest BCUT2D eigenvalue weighted by atomic mass is 9.99. The molecule has 0 bridgehead atoms. The SMILES string of the molecule is COc1ccc(-c2nnc(SCC(=O)N3CCC(C)CC3)o2)c(OC)c1. The Morgan fingerprint density at radius 3 is 2.73 bits per heavy atom. The second kappa shape index (κ2) is 8.44. The summed E-state index contributed by atoms with van der Waals surface area (Å²) in [5.41, 5.74) is 0.684. The van der Waals surface area contributed by atoms with Crippen molar-refractivity contribution in [2.75, 3.05) is 33.1 Å². The first-order valence-corrected chi connectivity index (χ1v) is 9.55. The number of piperidine rings is 1. The van der Waals surface area contributed by atoms with Crippen molar-refractivity contribution in [1.29, 1.82) is 0 Å². The van der Waals surface area contributed by atoms with Crippen molar-refractivity contribution in [3.63, 3.8) is 0 Å². The Labute approximate surface area is 157 Å². The van der Waals surface area contributed by atoms with E-state index in [1.54, 1.807) is 32.4 Å². The van der Waals surface area contributed by atoms with E-state index in [0.29, 0.717) is 39.8 Å². The van der Waals surface area contributed by atoms with Crippen LogP contribution in [0.4, 0.5) is 0 Å². The third kappa shape index (κ3) is 4.30. The molecular weight excluding hydrogens is 354 g/mol. The number of aromatic nitrogens is 2. The Bertz CT molecular complexity index is 757. The normalized spacial score (nSPS) is 15.1. The number of methoxy groups -OCH3 is 2. The molecule has 1 aromatic heterocycles. The summed E-state index contributed by atoms with van der Waals surface area (Å²) in [4.78, 5) is 14.2. The van der Waals surface area contributed by atoms with Gasteiger partial charge in [0.15, 0.2) is 0 Å². The van der Waals surface area contributed by atoms with Crippen LogP contribution < -0.4 is 9.47 Å². The summed E-state index contributed by atoms with van der Waals surface area (Å²) in [6.07, 6.45) is 2.14. The minimum atomic E-state index is 0.115. The van der Waals surface area contributed by atoms with E-state index >= 15 is 0 Å². The number of amides is 1. The average Bonchev–Trinajstić information content (AvgIpc) is 3.15. The fraction of sp³-hybridized carbons (Fsp3) is 0.500. The standard InChI is InChI=1S/C18H23N3O4S/c1-12-6-8-21(9-7-12)16(22)11-26-18-20-19-17(25-18)14-5-4-13(23-2)10-15(14)24-3/h4-5,10,12H,6-9,11H2,1-3H3. The Morgan fingerprint density at radius 1 is 1.27 bits per heavy atom. The fourth-order valence-corrected chi connectivity index (χ4v) is 3.49. The zero-order valence-electron chi connectivity index (χ0n) is 15.2. The smallest absolute Gasteiger partial charge is 0.277 e. The van der Waals surface area contributed by atoms with Gasteiger partial charge in [-0.25, -0.2) is 0 Å². The van der Waals surface area contributed by atoms with Crippen LogP contribution in [-0.2, 0) is 4.79 Å². The molecule has 0 atom stereocenters. The van der Waals surface area contributed by atoms with Crippen molar-refractivity contribution in [3.05, 3.63) is 18.2 Å². The van der Waals surface area contributed by atoms with Crippen LogP contribution in [0.2, 0.25) is 0 Å². The van der Waals surface area contributed by atoms with E-state index in [1.165, 1.54) is 11.8 Å². The van der Waals surface area contributed by atoms with E-state index < -0.39 is 0 Å². The fourth-order valence-electron chi connectivity index (χ4n) is 2.82. The quantitative estimate of drug-likeness (QED) is 0.716. The summed E-state index contributed by atoms with van der Waals surface area (Å²) < 4.78 is 16.2. The van der Waals surface area contributed by atoms with Gasteiger partial charge in [-0.2, -0.15) is 0 Å². The number of ether oxygens (including phenoxy) is 2. The molecule has 1 fully saturated rings. The molecule has 26 heavy (non-hydrogen) atoms. The molecule has 7 nitrogen and oxygen atoms in total. The van der Waals surface area contributed by atoms with Gasteiger partial charge in [-0.3, -0.25) is 4.79 Å². The van der Waals surface area contributed by atoms with Gasteiger partial charge in [0.1, 0.15) is 11.5 Å². The molecule has 1 aromatic carbocycles. The predicted octanol–water partition coefficient (Wildman–Crippen LogP) is 3.10. The molecule has 1 saturated heterocycles. The van der Waals surface area contributed by atoms with Crippen LogP contribution in [0.15, 0.2) is 27.8 Å². The lowest BCUT2D eigenvalue weighted by Crippen LogP contribution is -2.38. The van der Waals surface area contributed by atoms with Crippen LogP contribution in [0.5, 0.6) is 11.5 Å². The lowest BCUT2D eigenvalue weighted by Gasteiger charge is -2.30. The van der Waals surface area contributed by atoms with Gasteiger partial charge in [-0.1, -0.05) is 18.7 Å². The summed E-state index contributed by atoms with van der Waals surface area (Å²) in [5, 5.41) is 8.47. The average molecular weight is 377 g/mol. The van der Waals surface area contributed by atoms with Gasteiger partial charge in [0.05, 0.1) is 25.5 Å². The van der Waals surface area contributed by atoms with E-state index in [-0.39, 0.29) is 5.91 Å². The van der Waals surface area contributed by atoms with Crippen LogP contribution >= 0.6 is 11.8 Å². The summed E-state index contributed by atoms with van der Waals surface area (Å²) in [7, 11) is 3.17. The van der Waals surface area contributed by atoms with Gasteiger partial charge in [-0.15, -0.1) is 10.2 Å². The molecule has 2 heterocycles. The minimum absolute atomic E-state index is 0.115. The van der Waals surface area contributed by atoms with E-state index in [9.17, 15) is 4.79 Å². The topological polar surface area (TPSA) is 77.7 Å². The summed E-state index contributed by atoms with van der Waals surface area (Å²) >= 11 is 1.26. The molecular formula is C18H23N3O4S. The third-order valence-electron chi connectivity index (χ3n) is 4.50. The van der Waals surface area contributed by atoms with Crippen molar-refractivity contribution < 1.29 is 18.7 Å².